The predicted octanol–water partition coefficient (Wildman–Crippen LogP) is 4.02. The molecule has 3 aromatic rings. The average Bonchev–Trinajstić information content (AvgIpc) is 3.23. The first-order valence-electron chi connectivity index (χ1n) is 8.96. The van der Waals surface area contributed by atoms with Crippen LogP contribution in [0.5, 0.6) is 0 Å². The summed E-state index contributed by atoms with van der Waals surface area (Å²) in [5, 5.41) is 5.31. The summed E-state index contributed by atoms with van der Waals surface area (Å²) in [6, 6.07) is 16.8. The summed E-state index contributed by atoms with van der Waals surface area (Å²) in [7, 11) is 0. The summed E-state index contributed by atoms with van der Waals surface area (Å²) in [6.45, 7) is 3.39. The number of aryl methyl sites for hydroxylation is 1. The highest BCUT2D eigenvalue weighted by atomic mass is 16.5. The Morgan fingerprint density at radius 1 is 0.966 bits per heavy atom. The molecular weight excluding hydrogens is 372 g/mol. The van der Waals surface area contributed by atoms with E-state index in [1.54, 1.807) is 30.3 Å². The van der Waals surface area contributed by atoms with Crippen LogP contribution in [0.25, 0.3) is 0 Å². The molecule has 7 heteroatoms. The van der Waals surface area contributed by atoms with E-state index in [1.807, 2.05) is 25.1 Å². The van der Waals surface area contributed by atoms with Gasteiger partial charge < -0.3 is 19.8 Å². The molecule has 2 N–H and O–H groups in total. The van der Waals surface area contributed by atoms with Gasteiger partial charge in [0.2, 0.25) is 0 Å². The minimum absolute atomic E-state index is 0.110. The third-order valence-electron chi connectivity index (χ3n) is 4.08. The third-order valence-corrected chi connectivity index (χ3v) is 4.08. The van der Waals surface area contributed by atoms with Crippen molar-refractivity contribution in [1.82, 2.24) is 0 Å². The number of ether oxygens (including phenoxy) is 1. The summed E-state index contributed by atoms with van der Waals surface area (Å²) < 4.78 is 10.3. The molecule has 148 valence electrons. The second kappa shape index (κ2) is 8.88. The number of hydrogen-bond donors (Lipinski definition) is 2. The van der Waals surface area contributed by atoms with E-state index in [-0.39, 0.29) is 17.0 Å². The summed E-state index contributed by atoms with van der Waals surface area (Å²) in [4.78, 5) is 37.1. The lowest BCUT2D eigenvalue weighted by atomic mass is 10.1. The Kier molecular flexibility index (Phi) is 6.09. The zero-order valence-electron chi connectivity index (χ0n) is 16.0. The lowest BCUT2D eigenvalue weighted by Gasteiger charge is -2.15. The number of benzene rings is 2. The van der Waals surface area contributed by atoms with Gasteiger partial charge in [0.05, 0.1) is 17.5 Å². The molecule has 1 aromatic heterocycles. The largest absolute Gasteiger partial charge is 0.459 e. The number of carbonyl (C=O) groups is 3. The van der Waals surface area contributed by atoms with Crippen molar-refractivity contribution in [3.63, 3.8) is 0 Å². The number of para-hydroxylation sites is 1. The molecule has 0 fully saturated rings. The summed E-state index contributed by atoms with van der Waals surface area (Å²) in [5.74, 6) is -1.58. The van der Waals surface area contributed by atoms with Crippen molar-refractivity contribution in [3.8, 4) is 0 Å². The van der Waals surface area contributed by atoms with Crippen LogP contribution in [0.2, 0.25) is 0 Å². The van der Waals surface area contributed by atoms with Crippen LogP contribution in [0.4, 0.5) is 11.4 Å². The summed E-state index contributed by atoms with van der Waals surface area (Å²) in [5.41, 5.74) is 1.99. The van der Waals surface area contributed by atoms with E-state index in [1.165, 1.54) is 25.3 Å². The summed E-state index contributed by atoms with van der Waals surface area (Å²) in [6.07, 6.45) is 0.348. The molecule has 2 aromatic carbocycles. The average molecular weight is 392 g/mol. The van der Waals surface area contributed by atoms with Gasteiger partial charge >= 0.3 is 5.97 Å². The lowest BCUT2D eigenvalue weighted by Crippen LogP contribution is -2.30. The number of rotatable bonds is 6. The van der Waals surface area contributed by atoms with E-state index in [0.717, 1.165) is 5.56 Å². The smallest absolute Gasteiger partial charge is 0.341 e. The third kappa shape index (κ3) is 5.10. The van der Waals surface area contributed by atoms with Crippen LogP contribution in [0.15, 0.2) is 71.3 Å². The number of carbonyl (C=O) groups excluding carboxylic acids is 3. The standard InChI is InChI=1S/C22H20N2O5/c1-14-7-5-8-16(13-14)23-20(25)15(2)29-22(27)17-9-3-4-10-18(17)24-21(26)19-11-6-12-28-19/h3-13,15H,1-2H3,(H,23,25)(H,24,26)/t15-/m0/s1. The molecule has 0 saturated heterocycles. The molecule has 2 amide bonds. The molecule has 0 aliphatic carbocycles. The lowest BCUT2D eigenvalue weighted by molar-refractivity contribution is -0.123. The van der Waals surface area contributed by atoms with E-state index in [0.29, 0.717) is 5.69 Å². The van der Waals surface area contributed by atoms with E-state index in [4.69, 9.17) is 9.15 Å². The first-order chi connectivity index (χ1) is 13.9. The fourth-order valence-electron chi connectivity index (χ4n) is 2.61. The van der Waals surface area contributed by atoms with Crippen molar-refractivity contribution in [2.45, 2.75) is 20.0 Å². The van der Waals surface area contributed by atoms with Gasteiger partial charge in [-0.15, -0.1) is 0 Å². The van der Waals surface area contributed by atoms with Crippen molar-refractivity contribution in [1.29, 1.82) is 0 Å². The minimum atomic E-state index is -1.03. The van der Waals surface area contributed by atoms with Crippen LogP contribution in [-0.4, -0.2) is 23.9 Å². The fraction of sp³-hybridized carbons (Fsp3) is 0.136. The molecule has 0 aliphatic rings. The molecular formula is C22H20N2O5. The van der Waals surface area contributed by atoms with Crippen LogP contribution in [0.3, 0.4) is 0 Å². The van der Waals surface area contributed by atoms with Crippen LogP contribution < -0.4 is 10.6 Å². The Bertz CT molecular complexity index is 1030. The van der Waals surface area contributed by atoms with Gasteiger partial charge in [-0.3, -0.25) is 9.59 Å². The first kappa shape index (κ1) is 19.9. The van der Waals surface area contributed by atoms with Gasteiger partial charge in [-0.2, -0.15) is 0 Å². The Hall–Kier alpha value is -3.87. The molecule has 0 bridgehead atoms. The van der Waals surface area contributed by atoms with Crippen molar-refractivity contribution in [3.05, 3.63) is 83.8 Å². The predicted molar refractivity (Wildman–Crippen MR) is 108 cm³/mol. The van der Waals surface area contributed by atoms with Crippen LogP contribution >= 0.6 is 0 Å². The van der Waals surface area contributed by atoms with Gasteiger partial charge in [-0.25, -0.2) is 4.79 Å². The molecule has 0 spiro atoms. The monoisotopic (exact) mass is 392 g/mol. The molecule has 0 radical (unpaired) electrons. The molecule has 0 unspecified atom stereocenters. The van der Waals surface area contributed by atoms with Gasteiger partial charge in [0.25, 0.3) is 11.8 Å². The maximum absolute atomic E-state index is 12.6. The van der Waals surface area contributed by atoms with Crippen molar-refractivity contribution >= 4 is 29.2 Å². The van der Waals surface area contributed by atoms with Crippen molar-refractivity contribution < 1.29 is 23.5 Å². The second-order valence-electron chi connectivity index (χ2n) is 6.38. The van der Waals surface area contributed by atoms with Crippen LogP contribution in [0.1, 0.15) is 33.4 Å². The number of esters is 1. The van der Waals surface area contributed by atoms with Gasteiger partial charge in [-0.1, -0.05) is 24.3 Å². The Morgan fingerprint density at radius 2 is 1.76 bits per heavy atom. The zero-order chi connectivity index (χ0) is 20.8. The Morgan fingerprint density at radius 3 is 2.48 bits per heavy atom. The number of hydrogen-bond acceptors (Lipinski definition) is 5. The quantitative estimate of drug-likeness (QED) is 0.618. The van der Waals surface area contributed by atoms with Gasteiger partial charge in [0, 0.05) is 5.69 Å². The molecule has 1 heterocycles. The highest BCUT2D eigenvalue weighted by Crippen LogP contribution is 2.19. The van der Waals surface area contributed by atoms with Crippen molar-refractivity contribution in [2.24, 2.45) is 0 Å². The minimum Gasteiger partial charge on any atom is -0.459 e. The Balaban J connectivity index is 1.67. The topological polar surface area (TPSA) is 97.6 Å². The molecule has 7 nitrogen and oxygen atoms in total. The molecule has 1 atom stereocenters. The number of nitrogens with one attached hydrogen (secondary N) is 2. The highest BCUT2D eigenvalue weighted by Gasteiger charge is 2.22. The SMILES string of the molecule is Cc1cccc(NC(=O)[C@H](C)OC(=O)c2ccccc2NC(=O)c2ccco2)c1. The number of amides is 2. The van der Waals surface area contributed by atoms with E-state index in [2.05, 4.69) is 10.6 Å². The fourth-order valence-corrected chi connectivity index (χ4v) is 2.61. The molecule has 29 heavy (non-hydrogen) atoms. The maximum atomic E-state index is 12.6. The van der Waals surface area contributed by atoms with E-state index < -0.39 is 23.9 Å². The first-order valence-corrected chi connectivity index (χ1v) is 8.96. The van der Waals surface area contributed by atoms with Gasteiger partial charge in [-0.05, 0) is 55.8 Å². The molecule has 0 saturated carbocycles. The number of anilines is 2. The normalized spacial score (nSPS) is 11.4. The van der Waals surface area contributed by atoms with Crippen LogP contribution in [-0.2, 0) is 9.53 Å². The van der Waals surface area contributed by atoms with E-state index in [9.17, 15) is 14.4 Å². The summed E-state index contributed by atoms with van der Waals surface area (Å²) >= 11 is 0. The molecule has 3 rings (SSSR count). The van der Waals surface area contributed by atoms with Gasteiger partial charge in [0.1, 0.15) is 0 Å². The maximum Gasteiger partial charge on any atom is 0.341 e. The van der Waals surface area contributed by atoms with Crippen molar-refractivity contribution in [2.75, 3.05) is 10.6 Å². The molecule has 0 aliphatic heterocycles. The van der Waals surface area contributed by atoms with Crippen LogP contribution in [0, 0.1) is 6.92 Å². The zero-order valence-corrected chi connectivity index (χ0v) is 16.0. The van der Waals surface area contributed by atoms with E-state index >= 15 is 0 Å². The Labute approximate surface area is 167 Å². The van der Waals surface area contributed by atoms with Gasteiger partial charge in [0.15, 0.2) is 11.9 Å². The number of furan rings is 1. The highest BCUT2D eigenvalue weighted by molar-refractivity contribution is 6.07. The second-order valence-corrected chi connectivity index (χ2v) is 6.38.